The number of hydrogen-bond acceptors (Lipinski definition) is 2. The second-order valence-electron chi connectivity index (χ2n) is 6.12. The Hall–Kier alpha value is -2.07. The Morgan fingerprint density at radius 1 is 1.04 bits per heavy atom. The molecule has 1 saturated heterocycles. The van der Waals surface area contributed by atoms with Crippen LogP contribution in [0.15, 0.2) is 48.5 Å². The number of aldehydes is 1. The van der Waals surface area contributed by atoms with Crippen molar-refractivity contribution in [2.45, 2.75) is 18.9 Å². The molecule has 0 radical (unpaired) electrons. The van der Waals surface area contributed by atoms with Crippen LogP contribution in [-0.2, 0) is 11.3 Å². The molecule has 2 aromatic rings. The van der Waals surface area contributed by atoms with E-state index in [0.717, 1.165) is 31.5 Å². The molecule has 1 fully saturated rings. The third-order valence-electron chi connectivity index (χ3n) is 4.54. The van der Waals surface area contributed by atoms with Crippen LogP contribution in [0.5, 0.6) is 0 Å². The smallest absolute Gasteiger partial charge is 0.159 e. The zero-order valence-electron chi connectivity index (χ0n) is 12.8. The van der Waals surface area contributed by atoms with Gasteiger partial charge in [0, 0.05) is 32.0 Å². The van der Waals surface area contributed by atoms with Crippen LogP contribution in [0, 0.1) is 17.6 Å². The van der Waals surface area contributed by atoms with Crippen molar-refractivity contribution >= 4 is 6.29 Å². The van der Waals surface area contributed by atoms with Gasteiger partial charge >= 0.3 is 0 Å². The minimum Gasteiger partial charge on any atom is -0.303 e. The summed E-state index contributed by atoms with van der Waals surface area (Å²) >= 11 is 0. The van der Waals surface area contributed by atoms with Crippen molar-refractivity contribution in [3.63, 3.8) is 0 Å². The van der Waals surface area contributed by atoms with Crippen LogP contribution in [0.1, 0.15) is 23.5 Å². The Morgan fingerprint density at radius 2 is 1.83 bits per heavy atom. The van der Waals surface area contributed by atoms with Gasteiger partial charge in [-0.25, -0.2) is 8.78 Å². The zero-order chi connectivity index (χ0) is 16.2. The Morgan fingerprint density at radius 3 is 2.52 bits per heavy atom. The maximum Gasteiger partial charge on any atom is 0.159 e. The van der Waals surface area contributed by atoms with Gasteiger partial charge in [-0.3, -0.25) is 4.90 Å². The molecular weight excluding hydrogens is 296 g/mol. The van der Waals surface area contributed by atoms with Crippen LogP contribution in [0.4, 0.5) is 8.78 Å². The van der Waals surface area contributed by atoms with Crippen LogP contribution in [-0.4, -0.2) is 24.3 Å². The first-order valence-electron chi connectivity index (χ1n) is 7.82. The minimum atomic E-state index is -0.833. The van der Waals surface area contributed by atoms with Crippen molar-refractivity contribution in [2.24, 2.45) is 5.92 Å². The first-order valence-corrected chi connectivity index (χ1v) is 7.82. The maximum absolute atomic E-state index is 13.5. The number of carbonyl (C=O) groups is 1. The van der Waals surface area contributed by atoms with Gasteiger partial charge in [-0.1, -0.05) is 36.4 Å². The maximum atomic E-state index is 13.5. The van der Waals surface area contributed by atoms with E-state index in [1.165, 1.54) is 17.7 Å². The lowest BCUT2D eigenvalue weighted by atomic mass is 9.87. The standard InChI is InChI=1S/C19H19F2NO/c20-18-7-6-15(10-19(18)21)17-13-22(12-16(17)8-9-23)11-14-4-2-1-3-5-14/h1-7,9-10,16-17H,8,11-13H2. The normalized spacial score (nSPS) is 21.5. The van der Waals surface area contributed by atoms with Crippen LogP contribution >= 0.6 is 0 Å². The second kappa shape index (κ2) is 7.01. The molecule has 2 nitrogen and oxygen atoms in total. The van der Waals surface area contributed by atoms with E-state index in [9.17, 15) is 13.6 Å². The monoisotopic (exact) mass is 315 g/mol. The van der Waals surface area contributed by atoms with Crippen LogP contribution < -0.4 is 0 Å². The van der Waals surface area contributed by atoms with Crippen molar-refractivity contribution in [2.75, 3.05) is 13.1 Å². The molecule has 4 heteroatoms. The summed E-state index contributed by atoms with van der Waals surface area (Å²) in [5.74, 6) is -1.46. The molecule has 23 heavy (non-hydrogen) atoms. The molecule has 3 rings (SSSR count). The van der Waals surface area contributed by atoms with Crippen molar-refractivity contribution in [1.82, 2.24) is 4.90 Å². The minimum absolute atomic E-state index is 0.0546. The molecule has 120 valence electrons. The molecule has 0 aliphatic carbocycles. The molecule has 1 heterocycles. The molecule has 0 N–H and O–H groups in total. The number of halogens is 2. The highest BCUT2D eigenvalue weighted by atomic mass is 19.2. The van der Waals surface area contributed by atoms with E-state index in [1.807, 2.05) is 18.2 Å². The van der Waals surface area contributed by atoms with Gasteiger partial charge in [0.2, 0.25) is 0 Å². The van der Waals surface area contributed by atoms with Gasteiger partial charge in [-0.05, 0) is 29.2 Å². The SMILES string of the molecule is O=CCC1CN(Cc2ccccc2)CC1c1ccc(F)c(F)c1. The van der Waals surface area contributed by atoms with Gasteiger partial charge in [-0.2, -0.15) is 0 Å². The molecule has 0 spiro atoms. The third kappa shape index (κ3) is 3.64. The Labute approximate surface area is 134 Å². The summed E-state index contributed by atoms with van der Waals surface area (Å²) in [6.45, 7) is 2.34. The number of hydrogen-bond donors (Lipinski definition) is 0. The predicted octanol–water partition coefficient (Wildman–Crippen LogP) is 3.77. The lowest BCUT2D eigenvalue weighted by molar-refractivity contribution is -0.108. The number of benzene rings is 2. The van der Waals surface area contributed by atoms with Crippen molar-refractivity contribution < 1.29 is 13.6 Å². The predicted molar refractivity (Wildman–Crippen MR) is 85.0 cm³/mol. The average molecular weight is 315 g/mol. The van der Waals surface area contributed by atoms with Crippen LogP contribution in [0.3, 0.4) is 0 Å². The molecule has 0 aromatic heterocycles. The Bertz CT molecular complexity index is 674. The second-order valence-corrected chi connectivity index (χ2v) is 6.12. The first kappa shape index (κ1) is 15.8. The quantitative estimate of drug-likeness (QED) is 0.783. The molecular formula is C19H19F2NO. The fourth-order valence-electron chi connectivity index (χ4n) is 3.41. The van der Waals surface area contributed by atoms with Gasteiger partial charge in [0.05, 0.1) is 0 Å². The third-order valence-corrected chi connectivity index (χ3v) is 4.54. The summed E-state index contributed by atoms with van der Waals surface area (Å²) in [6.07, 6.45) is 1.36. The summed E-state index contributed by atoms with van der Waals surface area (Å²) in [4.78, 5) is 13.2. The summed E-state index contributed by atoms with van der Waals surface area (Å²) in [6, 6.07) is 14.2. The number of rotatable bonds is 5. The Kier molecular flexibility index (Phi) is 4.82. The summed E-state index contributed by atoms with van der Waals surface area (Å²) in [5, 5.41) is 0. The van der Waals surface area contributed by atoms with Crippen molar-refractivity contribution in [1.29, 1.82) is 0 Å². The van der Waals surface area contributed by atoms with E-state index in [0.29, 0.717) is 6.42 Å². The van der Waals surface area contributed by atoms with E-state index < -0.39 is 11.6 Å². The molecule has 0 saturated carbocycles. The molecule has 0 amide bonds. The van der Waals surface area contributed by atoms with Gasteiger partial charge < -0.3 is 4.79 Å². The number of carbonyl (C=O) groups excluding carboxylic acids is 1. The van der Waals surface area contributed by atoms with E-state index in [-0.39, 0.29) is 11.8 Å². The largest absolute Gasteiger partial charge is 0.303 e. The first-order chi connectivity index (χ1) is 11.2. The highest BCUT2D eigenvalue weighted by molar-refractivity contribution is 5.50. The van der Waals surface area contributed by atoms with E-state index in [1.54, 1.807) is 6.07 Å². The van der Waals surface area contributed by atoms with Gasteiger partial charge in [0.25, 0.3) is 0 Å². The van der Waals surface area contributed by atoms with E-state index >= 15 is 0 Å². The summed E-state index contributed by atoms with van der Waals surface area (Å²) in [7, 11) is 0. The zero-order valence-corrected chi connectivity index (χ0v) is 12.8. The molecule has 2 unspecified atom stereocenters. The summed E-state index contributed by atoms with van der Waals surface area (Å²) < 4.78 is 26.7. The molecule has 1 aliphatic rings. The highest BCUT2D eigenvalue weighted by Gasteiger charge is 2.33. The van der Waals surface area contributed by atoms with Crippen molar-refractivity contribution in [3.05, 3.63) is 71.3 Å². The van der Waals surface area contributed by atoms with Crippen molar-refractivity contribution in [3.8, 4) is 0 Å². The average Bonchev–Trinajstić information content (AvgIpc) is 2.94. The lowest BCUT2D eigenvalue weighted by Crippen LogP contribution is -2.20. The molecule has 0 bridgehead atoms. The Balaban J connectivity index is 1.78. The van der Waals surface area contributed by atoms with E-state index in [4.69, 9.17) is 0 Å². The lowest BCUT2D eigenvalue weighted by Gasteiger charge is -2.17. The van der Waals surface area contributed by atoms with E-state index in [2.05, 4.69) is 17.0 Å². The molecule has 1 aliphatic heterocycles. The van der Waals surface area contributed by atoms with Crippen LogP contribution in [0.2, 0.25) is 0 Å². The summed E-state index contributed by atoms with van der Waals surface area (Å²) in [5.41, 5.74) is 1.98. The topological polar surface area (TPSA) is 20.3 Å². The molecule has 2 aromatic carbocycles. The fraction of sp³-hybridized carbons (Fsp3) is 0.316. The van der Waals surface area contributed by atoms with Crippen LogP contribution in [0.25, 0.3) is 0 Å². The van der Waals surface area contributed by atoms with Gasteiger partial charge in [0.1, 0.15) is 6.29 Å². The van der Waals surface area contributed by atoms with Gasteiger partial charge in [0.15, 0.2) is 11.6 Å². The molecule has 2 atom stereocenters. The number of likely N-dealkylation sites (tertiary alicyclic amines) is 1. The fourth-order valence-corrected chi connectivity index (χ4v) is 3.41. The highest BCUT2D eigenvalue weighted by Crippen LogP contribution is 2.35. The number of nitrogens with zero attached hydrogens (tertiary/aromatic N) is 1. The van der Waals surface area contributed by atoms with Gasteiger partial charge in [-0.15, -0.1) is 0 Å².